The normalized spacial score (nSPS) is 10.0. The highest BCUT2D eigenvalue weighted by Gasteiger charge is 2.03. The number of esters is 1. The van der Waals surface area contributed by atoms with Crippen LogP contribution in [0.4, 0.5) is 0 Å². The van der Waals surface area contributed by atoms with Gasteiger partial charge in [-0.1, -0.05) is 6.58 Å². The number of nitrogens with zero attached hydrogens (tertiary/aromatic N) is 4. The lowest BCUT2D eigenvalue weighted by Crippen LogP contribution is -2.10. The zero-order valence-corrected chi connectivity index (χ0v) is 8.93. The molecule has 0 aliphatic rings. The Bertz CT molecular complexity index is 359. The van der Waals surface area contributed by atoms with Crippen molar-refractivity contribution in [3.05, 3.63) is 18.0 Å². The number of hydrogen-bond acceptors (Lipinski definition) is 5. The van der Waals surface area contributed by atoms with E-state index in [0.717, 1.165) is 5.82 Å². The molecule has 0 bridgehead atoms. The third kappa shape index (κ3) is 3.49. The van der Waals surface area contributed by atoms with Gasteiger partial charge in [-0.2, -0.15) is 0 Å². The van der Waals surface area contributed by atoms with E-state index < -0.39 is 0 Å². The Morgan fingerprint density at radius 1 is 1.60 bits per heavy atom. The maximum absolute atomic E-state index is 11.0. The second-order valence-electron chi connectivity index (χ2n) is 3.22. The van der Waals surface area contributed by atoms with E-state index in [1.807, 2.05) is 6.92 Å². The fraction of sp³-hybridized carbons (Fsp3) is 0.556. The van der Waals surface area contributed by atoms with Gasteiger partial charge < -0.3 is 4.74 Å². The van der Waals surface area contributed by atoms with E-state index in [0.29, 0.717) is 25.1 Å². The summed E-state index contributed by atoms with van der Waals surface area (Å²) in [5, 5.41) is 11.0. The summed E-state index contributed by atoms with van der Waals surface area (Å²) in [6.45, 7) is 7.92. The van der Waals surface area contributed by atoms with Gasteiger partial charge >= 0.3 is 5.97 Å². The number of rotatable bonds is 5. The molecule has 1 aromatic heterocycles. The third-order valence-corrected chi connectivity index (χ3v) is 1.81. The zero-order chi connectivity index (χ0) is 11.3. The fourth-order valence-corrected chi connectivity index (χ4v) is 0.958. The highest BCUT2D eigenvalue weighted by Crippen LogP contribution is 1.96. The fourth-order valence-electron chi connectivity index (χ4n) is 0.958. The molecule has 0 atom stereocenters. The summed E-state index contributed by atoms with van der Waals surface area (Å²) in [5.41, 5.74) is 0.411. The van der Waals surface area contributed by atoms with Gasteiger partial charge in [0.1, 0.15) is 5.82 Å². The van der Waals surface area contributed by atoms with Gasteiger partial charge in [0, 0.05) is 18.5 Å². The average Bonchev–Trinajstić information content (AvgIpc) is 2.58. The molecule has 82 valence electrons. The quantitative estimate of drug-likeness (QED) is 0.402. The number of carbonyl (C=O) groups excluding carboxylic acids is 1. The van der Waals surface area contributed by atoms with Crippen molar-refractivity contribution in [2.75, 3.05) is 6.61 Å². The van der Waals surface area contributed by atoms with Crippen molar-refractivity contribution in [2.45, 2.75) is 26.8 Å². The molecule has 0 fully saturated rings. The summed E-state index contributed by atoms with van der Waals surface area (Å²) in [5.74, 6) is 0.393. The van der Waals surface area contributed by atoms with Gasteiger partial charge in [-0.05, 0) is 24.3 Å². The van der Waals surface area contributed by atoms with Crippen LogP contribution in [0.3, 0.4) is 0 Å². The highest BCUT2D eigenvalue weighted by molar-refractivity contribution is 5.86. The molecule has 1 aromatic rings. The third-order valence-electron chi connectivity index (χ3n) is 1.81. The molecule has 0 saturated heterocycles. The maximum atomic E-state index is 11.0. The first-order valence-electron chi connectivity index (χ1n) is 4.66. The van der Waals surface area contributed by atoms with Crippen molar-refractivity contribution in [3.8, 4) is 0 Å². The van der Waals surface area contributed by atoms with Crippen molar-refractivity contribution >= 4 is 5.97 Å². The van der Waals surface area contributed by atoms with Crippen LogP contribution < -0.4 is 0 Å². The Kier molecular flexibility index (Phi) is 3.96. The SMILES string of the molecule is C=C(C)C(=O)OCCCn1nnnc1C. The molecule has 1 heterocycles. The molecular formula is C9H14N4O2. The second-order valence-corrected chi connectivity index (χ2v) is 3.22. The van der Waals surface area contributed by atoms with Crippen LogP contribution in [0, 0.1) is 6.92 Å². The summed E-state index contributed by atoms with van der Waals surface area (Å²) < 4.78 is 6.58. The van der Waals surface area contributed by atoms with Crippen molar-refractivity contribution in [1.29, 1.82) is 0 Å². The van der Waals surface area contributed by atoms with Crippen LogP contribution in [0.15, 0.2) is 12.2 Å². The van der Waals surface area contributed by atoms with Gasteiger partial charge in [0.15, 0.2) is 0 Å². The van der Waals surface area contributed by atoms with Gasteiger partial charge in [0.25, 0.3) is 0 Å². The van der Waals surface area contributed by atoms with Crippen LogP contribution in [-0.2, 0) is 16.1 Å². The van der Waals surface area contributed by atoms with Gasteiger partial charge in [-0.25, -0.2) is 9.48 Å². The molecule has 0 saturated carbocycles. The molecule has 1 rings (SSSR count). The van der Waals surface area contributed by atoms with E-state index in [-0.39, 0.29) is 5.97 Å². The van der Waals surface area contributed by atoms with E-state index in [2.05, 4.69) is 22.1 Å². The number of hydrogen-bond donors (Lipinski definition) is 0. The molecule has 0 aliphatic carbocycles. The number of carbonyl (C=O) groups is 1. The number of aryl methyl sites for hydroxylation is 2. The maximum Gasteiger partial charge on any atom is 0.333 e. The number of tetrazole rings is 1. The standard InChI is InChI=1S/C9H14N4O2/c1-7(2)9(14)15-6-4-5-13-8(3)10-11-12-13/h1,4-6H2,2-3H3. The molecule has 0 aromatic carbocycles. The monoisotopic (exact) mass is 210 g/mol. The molecule has 6 heteroatoms. The first-order chi connectivity index (χ1) is 7.11. The largest absolute Gasteiger partial charge is 0.462 e. The van der Waals surface area contributed by atoms with Crippen LogP contribution in [0.2, 0.25) is 0 Å². The lowest BCUT2D eigenvalue weighted by Gasteiger charge is -2.04. The molecule has 0 unspecified atom stereocenters. The van der Waals surface area contributed by atoms with Crippen molar-refractivity contribution in [1.82, 2.24) is 20.2 Å². The Labute approximate surface area is 87.9 Å². The van der Waals surface area contributed by atoms with Gasteiger partial charge in [0.2, 0.25) is 0 Å². The highest BCUT2D eigenvalue weighted by atomic mass is 16.5. The van der Waals surface area contributed by atoms with E-state index in [9.17, 15) is 4.79 Å². The average molecular weight is 210 g/mol. The Hall–Kier alpha value is -1.72. The number of ether oxygens (including phenoxy) is 1. The van der Waals surface area contributed by atoms with Crippen molar-refractivity contribution in [2.24, 2.45) is 0 Å². The molecule has 0 amide bonds. The predicted molar refractivity (Wildman–Crippen MR) is 52.9 cm³/mol. The minimum Gasteiger partial charge on any atom is -0.462 e. The smallest absolute Gasteiger partial charge is 0.333 e. The molecule has 15 heavy (non-hydrogen) atoms. The van der Waals surface area contributed by atoms with Crippen LogP contribution in [0.1, 0.15) is 19.2 Å². The van der Waals surface area contributed by atoms with Crippen LogP contribution in [0.5, 0.6) is 0 Å². The zero-order valence-electron chi connectivity index (χ0n) is 8.93. The van der Waals surface area contributed by atoms with Gasteiger partial charge in [-0.3, -0.25) is 0 Å². The van der Waals surface area contributed by atoms with E-state index in [1.165, 1.54) is 0 Å². The minimum absolute atomic E-state index is 0.352. The van der Waals surface area contributed by atoms with E-state index >= 15 is 0 Å². The molecule has 0 radical (unpaired) electrons. The van der Waals surface area contributed by atoms with Crippen molar-refractivity contribution in [3.63, 3.8) is 0 Å². The van der Waals surface area contributed by atoms with Gasteiger partial charge in [-0.15, -0.1) is 5.10 Å². The molecule has 0 N–H and O–H groups in total. The van der Waals surface area contributed by atoms with E-state index in [1.54, 1.807) is 11.6 Å². The number of aromatic nitrogens is 4. The summed E-state index contributed by atoms with van der Waals surface area (Å²) in [7, 11) is 0. The molecular weight excluding hydrogens is 196 g/mol. The summed E-state index contributed by atoms with van der Waals surface area (Å²) in [6, 6.07) is 0. The molecule has 0 spiro atoms. The van der Waals surface area contributed by atoms with Crippen molar-refractivity contribution < 1.29 is 9.53 Å². The van der Waals surface area contributed by atoms with Crippen LogP contribution in [-0.4, -0.2) is 32.8 Å². The first-order valence-corrected chi connectivity index (χ1v) is 4.66. The topological polar surface area (TPSA) is 69.9 Å². The Morgan fingerprint density at radius 3 is 2.87 bits per heavy atom. The first kappa shape index (κ1) is 11.4. The summed E-state index contributed by atoms with van der Waals surface area (Å²) in [6.07, 6.45) is 0.685. The minimum atomic E-state index is -0.358. The Balaban J connectivity index is 2.20. The lowest BCUT2D eigenvalue weighted by molar-refractivity contribution is -0.139. The molecule has 0 aliphatic heterocycles. The predicted octanol–water partition coefficient (Wildman–Crippen LogP) is 0.491. The summed E-state index contributed by atoms with van der Waals surface area (Å²) >= 11 is 0. The Morgan fingerprint density at radius 2 is 2.33 bits per heavy atom. The van der Waals surface area contributed by atoms with E-state index in [4.69, 9.17) is 4.74 Å². The molecule has 6 nitrogen and oxygen atoms in total. The van der Waals surface area contributed by atoms with Gasteiger partial charge in [0.05, 0.1) is 6.61 Å². The lowest BCUT2D eigenvalue weighted by atomic mass is 10.3. The van der Waals surface area contributed by atoms with Crippen LogP contribution >= 0.6 is 0 Å². The van der Waals surface area contributed by atoms with Crippen LogP contribution in [0.25, 0.3) is 0 Å². The summed E-state index contributed by atoms with van der Waals surface area (Å²) in [4.78, 5) is 11.0. The second kappa shape index (κ2) is 5.23.